The van der Waals surface area contributed by atoms with Crippen LogP contribution in [-0.2, 0) is 4.74 Å². The van der Waals surface area contributed by atoms with Gasteiger partial charge in [0, 0.05) is 22.6 Å². The molecule has 1 aromatic heterocycles. The highest BCUT2D eigenvalue weighted by Gasteiger charge is 2.27. The van der Waals surface area contributed by atoms with Crippen LogP contribution in [0.5, 0.6) is 11.5 Å². The molecule has 2 aliphatic rings. The monoisotopic (exact) mass is 456 g/mol. The Balaban J connectivity index is 1.35. The standard InChI is InChI=1S/C26H28N6O2/c1-16-11-19(7-10-23(16)34-20-8-5-17(2)28-13-20)32-15-29-22-9-6-18(12-21(22)24(32)27)30-25-31-26(3,4)14-33-25/h5-13,15,24H,14,27H2,1-4H3,(H,30,31). The molecule has 3 heterocycles. The number of benzene rings is 2. The van der Waals surface area contributed by atoms with Crippen molar-refractivity contribution in [3.8, 4) is 11.5 Å². The number of anilines is 2. The van der Waals surface area contributed by atoms with Crippen LogP contribution in [0.2, 0.25) is 0 Å². The van der Waals surface area contributed by atoms with E-state index in [1.165, 1.54) is 0 Å². The molecule has 8 nitrogen and oxygen atoms in total. The molecule has 0 fully saturated rings. The molecule has 0 spiro atoms. The third kappa shape index (κ3) is 4.45. The molecule has 0 amide bonds. The summed E-state index contributed by atoms with van der Waals surface area (Å²) in [6, 6.07) is 16.2. The summed E-state index contributed by atoms with van der Waals surface area (Å²) >= 11 is 0. The average Bonchev–Trinajstić information content (AvgIpc) is 3.15. The Morgan fingerprint density at radius 3 is 2.68 bits per heavy atom. The molecule has 0 saturated carbocycles. The van der Waals surface area contributed by atoms with E-state index in [1.807, 2.05) is 81.1 Å². The zero-order chi connectivity index (χ0) is 23.9. The Kier molecular flexibility index (Phi) is 5.45. The number of amidine groups is 1. The van der Waals surface area contributed by atoms with Crippen LogP contribution < -0.4 is 20.7 Å². The Morgan fingerprint density at radius 2 is 1.97 bits per heavy atom. The minimum atomic E-state index is -0.399. The van der Waals surface area contributed by atoms with Crippen LogP contribution in [0, 0.1) is 13.8 Å². The van der Waals surface area contributed by atoms with Crippen molar-refractivity contribution in [2.24, 2.45) is 15.7 Å². The number of pyridine rings is 1. The van der Waals surface area contributed by atoms with Gasteiger partial charge in [-0.15, -0.1) is 0 Å². The quantitative estimate of drug-likeness (QED) is 0.560. The SMILES string of the molecule is Cc1ccc(Oc2ccc(N3C=Nc4ccc(NC5=NC(C)(C)CO5)cc4C3N)cc2C)cn1. The molecule has 174 valence electrons. The number of aliphatic imine (C=N–C) groups is 2. The topological polar surface area (TPSA) is 97.4 Å². The summed E-state index contributed by atoms with van der Waals surface area (Å²) in [5.41, 5.74) is 11.9. The van der Waals surface area contributed by atoms with Crippen molar-refractivity contribution in [3.63, 3.8) is 0 Å². The third-order valence-corrected chi connectivity index (χ3v) is 5.75. The van der Waals surface area contributed by atoms with E-state index in [0.717, 1.165) is 39.6 Å². The van der Waals surface area contributed by atoms with E-state index in [0.29, 0.717) is 18.4 Å². The van der Waals surface area contributed by atoms with Crippen molar-refractivity contribution in [2.75, 3.05) is 16.8 Å². The predicted molar refractivity (Wildman–Crippen MR) is 135 cm³/mol. The summed E-state index contributed by atoms with van der Waals surface area (Å²) in [5.74, 6) is 1.47. The van der Waals surface area contributed by atoms with Gasteiger partial charge in [-0.2, -0.15) is 0 Å². The molecule has 2 aliphatic heterocycles. The van der Waals surface area contributed by atoms with Gasteiger partial charge >= 0.3 is 0 Å². The van der Waals surface area contributed by atoms with Crippen LogP contribution in [0.1, 0.15) is 36.8 Å². The fraction of sp³-hybridized carbons (Fsp3) is 0.269. The summed E-state index contributed by atoms with van der Waals surface area (Å²) in [6.07, 6.45) is 3.10. The Morgan fingerprint density at radius 1 is 1.12 bits per heavy atom. The van der Waals surface area contributed by atoms with E-state index in [9.17, 15) is 0 Å². The maximum Gasteiger partial charge on any atom is 0.289 e. The maximum atomic E-state index is 6.67. The second kappa shape index (κ2) is 8.46. The molecule has 0 bridgehead atoms. The van der Waals surface area contributed by atoms with E-state index >= 15 is 0 Å². The number of aromatic nitrogens is 1. The first-order valence-corrected chi connectivity index (χ1v) is 11.2. The lowest BCUT2D eigenvalue weighted by Gasteiger charge is -2.31. The Hall–Kier alpha value is -3.91. The number of nitrogens with two attached hydrogens (primary N) is 1. The van der Waals surface area contributed by atoms with Crippen LogP contribution in [0.4, 0.5) is 17.1 Å². The summed E-state index contributed by atoms with van der Waals surface area (Å²) in [7, 11) is 0. The van der Waals surface area contributed by atoms with E-state index < -0.39 is 6.17 Å². The maximum absolute atomic E-state index is 6.67. The van der Waals surface area contributed by atoms with Gasteiger partial charge in [0.15, 0.2) is 0 Å². The van der Waals surface area contributed by atoms with Gasteiger partial charge in [-0.25, -0.2) is 9.98 Å². The molecule has 0 radical (unpaired) electrons. The Bertz CT molecular complexity index is 1280. The second-order valence-electron chi connectivity index (χ2n) is 9.20. The molecule has 2 aromatic carbocycles. The van der Waals surface area contributed by atoms with Gasteiger partial charge in [0.1, 0.15) is 24.3 Å². The van der Waals surface area contributed by atoms with Gasteiger partial charge in [0.2, 0.25) is 0 Å². The first-order chi connectivity index (χ1) is 16.3. The van der Waals surface area contributed by atoms with Crippen molar-refractivity contribution in [1.82, 2.24) is 4.98 Å². The van der Waals surface area contributed by atoms with Crippen LogP contribution in [-0.4, -0.2) is 29.5 Å². The summed E-state index contributed by atoms with van der Waals surface area (Å²) in [4.78, 5) is 15.4. The Labute approximate surface area is 199 Å². The average molecular weight is 457 g/mol. The normalized spacial score (nSPS) is 18.2. The van der Waals surface area contributed by atoms with Gasteiger partial charge in [-0.3, -0.25) is 4.98 Å². The number of hydrogen-bond acceptors (Lipinski definition) is 8. The molecule has 0 saturated heterocycles. The molecular formula is C26H28N6O2. The predicted octanol–water partition coefficient (Wildman–Crippen LogP) is 5.20. The molecule has 1 atom stereocenters. The largest absolute Gasteiger partial charge is 0.462 e. The second-order valence-corrected chi connectivity index (χ2v) is 9.20. The van der Waals surface area contributed by atoms with E-state index in [4.69, 9.17) is 15.2 Å². The molecule has 5 rings (SSSR count). The van der Waals surface area contributed by atoms with Gasteiger partial charge < -0.3 is 25.4 Å². The lowest BCUT2D eigenvalue weighted by molar-refractivity contribution is 0.278. The van der Waals surface area contributed by atoms with Crippen LogP contribution in [0.15, 0.2) is 64.7 Å². The van der Waals surface area contributed by atoms with Crippen molar-refractivity contribution in [3.05, 3.63) is 71.5 Å². The number of nitrogens with zero attached hydrogens (tertiary/aromatic N) is 4. The van der Waals surface area contributed by atoms with Crippen LogP contribution in [0.25, 0.3) is 0 Å². The van der Waals surface area contributed by atoms with Gasteiger partial charge in [0.05, 0.1) is 23.8 Å². The fourth-order valence-electron chi connectivity index (χ4n) is 3.88. The van der Waals surface area contributed by atoms with Crippen molar-refractivity contribution >= 4 is 29.4 Å². The number of fused-ring (bicyclic) bond motifs is 1. The summed E-state index contributed by atoms with van der Waals surface area (Å²) in [6.45, 7) is 8.58. The first kappa shape index (κ1) is 21.9. The lowest BCUT2D eigenvalue weighted by atomic mass is 10.1. The minimum absolute atomic E-state index is 0.224. The van der Waals surface area contributed by atoms with Crippen molar-refractivity contribution in [2.45, 2.75) is 39.4 Å². The third-order valence-electron chi connectivity index (χ3n) is 5.75. The molecule has 0 aliphatic carbocycles. The molecule has 3 aromatic rings. The molecule has 3 N–H and O–H groups in total. The summed E-state index contributed by atoms with van der Waals surface area (Å²) < 4.78 is 11.7. The number of ether oxygens (including phenoxy) is 2. The fourth-order valence-corrected chi connectivity index (χ4v) is 3.88. The molecule has 34 heavy (non-hydrogen) atoms. The van der Waals surface area contributed by atoms with Gasteiger partial charge in [-0.1, -0.05) is 0 Å². The smallest absolute Gasteiger partial charge is 0.289 e. The van der Waals surface area contributed by atoms with Crippen LogP contribution >= 0.6 is 0 Å². The van der Waals surface area contributed by atoms with Gasteiger partial charge in [0.25, 0.3) is 6.02 Å². The zero-order valence-electron chi connectivity index (χ0n) is 19.7. The minimum Gasteiger partial charge on any atom is -0.462 e. The lowest BCUT2D eigenvalue weighted by Crippen LogP contribution is -2.35. The molecule has 8 heteroatoms. The highest BCUT2D eigenvalue weighted by Crippen LogP contribution is 2.36. The zero-order valence-corrected chi connectivity index (χ0v) is 19.7. The molecular weight excluding hydrogens is 428 g/mol. The van der Waals surface area contributed by atoms with E-state index in [1.54, 1.807) is 12.5 Å². The first-order valence-electron chi connectivity index (χ1n) is 11.2. The van der Waals surface area contributed by atoms with Crippen molar-refractivity contribution in [1.29, 1.82) is 0 Å². The highest BCUT2D eigenvalue weighted by atomic mass is 16.5. The van der Waals surface area contributed by atoms with E-state index in [-0.39, 0.29) is 5.54 Å². The number of nitrogens with one attached hydrogen (secondary N) is 1. The molecule has 1 unspecified atom stereocenters. The highest BCUT2D eigenvalue weighted by molar-refractivity contribution is 5.92. The van der Waals surface area contributed by atoms with Gasteiger partial charge in [-0.05, 0) is 81.8 Å². The number of hydrogen-bond donors (Lipinski definition) is 2. The van der Waals surface area contributed by atoms with Crippen LogP contribution in [0.3, 0.4) is 0 Å². The number of aryl methyl sites for hydroxylation is 2. The van der Waals surface area contributed by atoms with E-state index in [2.05, 4.69) is 20.3 Å². The van der Waals surface area contributed by atoms with Crippen molar-refractivity contribution < 1.29 is 9.47 Å². The number of rotatable bonds is 4. The summed E-state index contributed by atoms with van der Waals surface area (Å²) in [5, 5.41) is 3.25.